The molecule has 2 aliphatic rings. The lowest BCUT2D eigenvalue weighted by Crippen LogP contribution is -2.53. The van der Waals surface area contributed by atoms with Gasteiger partial charge in [-0.25, -0.2) is 0 Å². The van der Waals surface area contributed by atoms with Crippen LogP contribution in [0.1, 0.15) is 42.5 Å². The van der Waals surface area contributed by atoms with Crippen molar-refractivity contribution in [1.82, 2.24) is 5.32 Å². The van der Waals surface area contributed by atoms with E-state index in [-0.39, 0.29) is 24.6 Å². The molecule has 7 heteroatoms. The van der Waals surface area contributed by atoms with Crippen LogP contribution in [0.25, 0.3) is 0 Å². The van der Waals surface area contributed by atoms with E-state index in [1.165, 1.54) is 13.5 Å². The number of amides is 2. The van der Waals surface area contributed by atoms with Gasteiger partial charge in [0.15, 0.2) is 18.1 Å². The highest BCUT2D eigenvalue weighted by atomic mass is 16.5. The predicted octanol–water partition coefficient (Wildman–Crippen LogP) is 1.20. The average Bonchev–Trinajstić information content (AvgIpc) is 2.60. The number of rotatable bonds is 6. The smallest absolute Gasteiger partial charge is 0.255 e. The van der Waals surface area contributed by atoms with E-state index in [4.69, 9.17) is 20.9 Å². The van der Waals surface area contributed by atoms with Crippen molar-refractivity contribution >= 4 is 11.8 Å². The molecule has 5 N–H and O–H groups in total. The molecule has 0 aliphatic heterocycles. The zero-order chi connectivity index (χ0) is 18.7. The van der Waals surface area contributed by atoms with Crippen LogP contribution in [-0.2, 0) is 4.79 Å². The van der Waals surface area contributed by atoms with Crippen LogP contribution in [0.5, 0.6) is 11.5 Å². The molecule has 2 saturated carbocycles. The van der Waals surface area contributed by atoms with Crippen LogP contribution in [0.15, 0.2) is 18.2 Å². The van der Waals surface area contributed by atoms with Crippen molar-refractivity contribution in [2.24, 2.45) is 23.3 Å². The van der Waals surface area contributed by atoms with E-state index in [9.17, 15) is 9.59 Å². The topological polar surface area (TPSA) is 117 Å². The Balaban J connectivity index is 1.70. The molecule has 0 aromatic heterocycles. The number of fused-ring (bicyclic) bond motifs is 2. The van der Waals surface area contributed by atoms with Gasteiger partial charge in [-0.3, -0.25) is 9.59 Å². The molecule has 0 saturated heterocycles. The molecular weight excluding hydrogens is 334 g/mol. The first-order valence-electron chi connectivity index (χ1n) is 9.13. The van der Waals surface area contributed by atoms with Crippen LogP contribution in [0.3, 0.4) is 0 Å². The summed E-state index contributed by atoms with van der Waals surface area (Å²) < 4.78 is 10.6. The second-order valence-corrected chi connectivity index (χ2v) is 7.30. The van der Waals surface area contributed by atoms with Crippen LogP contribution in [0.2, 0.25) is 0 Å². The number of nitrogens with one attached hydrogen (secondary N) is 1. The fourth-order valence-corrected chi connectivity index (χ4v) is 4.34. The second kappa shape index (κ2) is 7.95. The number of carbonyl (C=O) groups excluding carboxylic acids is 2. The van der Waals surface area contributed by atoms with Crippen molar-refractivity contribution in [2.75, 3.05) is 13.7 Å². The number of nitrogens with two attached hydrogens (primary N) is 2. The molecule has 26 heavy (non-hydrogen) atoms. The van der Waals surface area contributed by atoms with Gasteiger partial charge in [0, 0.05) is 17.6 Å². The van der Waals surface area contributed by atoms with Crippen LogP contribution in [-0.4, -0.2) is 37.6 Å². The maximum atomic E-state index is 12.8. The van der Waals surface area contributed by atoms with E-state index in [0.29, 0.717) is 28.9 Å². The largest absolute Gasteiger partial charge is 0.493 e. The third-order valence-corrected chi connectivity index (χ3v) is 5.47. The fourth-order valence-electron chi connectivity index (χ4n) is 4.34. The minimum Gasteiger partial charge on any atom is -0.493 e. The Bertz CT molecular complexity index is 665. The summed E-state index contributed by atoms with van der Waals surface area (Å²) in [7, 11) is 1.49. The lowest BCUT2D eigenvalue weighted by Gasteiger charge is -2.45. The number of benzene rings is 1. The normalized spacial score (nSPS) is 27.5. The Kier molecular flexibility index (Phi) is 5.66. The van der Waals surface area contributed by atoms with E-state index < -0.39 is 5.91 Å². The highest BCUT2D eigenvalue weighted by molar-refractivity contribution is 5.95. The Labute approximate surface area is 153 Å². The van der Waals surface area contributed by atoms with Crippen molar-refractivity contribution in [3.05, 3.63) is 23.8 Å². The van der Waals surface area contributed by atoms with E-state index in [1.807, 2.05) is 0 Å². The number of primary amides is 1. The summed E-state index contributed by atoms with van der Waals surface area (Å²) in [5, 5.41) is 3.21. The van der Waals surface area contributed by atoms with Gasteiger partial charge in [0.2, 0.25) is 0 Å². The van der Waals surface area contributed by atoms with Gasteiger partial charge in [0.25, 0.3) is 11.8 Å². The summed E-state index contributed by atoms with van der Waals surface area (Å²) in [4.78, 5) is 23.6. The first-order valence-corrected chi connectivity index (χ1v) is 9.13. The summed E-state index contributed by atoms with van der Waals surface area (Å²) in [6, 6.07) is 5.34. The lowest BCUT2D eigenvalue weighted by atomic mass is 9.67. The molecule has 2 fully saturated rings. The fraction of sp³-hybridized carbons (Fsp3) is 0.579. The molecule has 2 amide bonds. The highest BCUT2D eigenvalue weighted by Crippen LogP contribution is 2.40. The van der Waals surface area contributed by atoms with Gasteiger partial charge in [0.1, 0.15) is 0 Å². The second-order valence-electron chi connectivity index (χ2n) is 7.30. The average molecular weight is 361 g/mol. The first kappa shape index (κ1) is 18.5. The highest BCUT2D eigenvalue weighted by Gasteiger charge is 2.40. The molecule has 2 atom stereocenters. The van der Waals surface area contributed by atoms with Crippen molar-refractivity contribution in [2.45, 2.75) is 44.2 Å². The van der Waals surface area contributed by atoms with Crippen LogP contribution in [0, 0.1) is 11.8 Å². The molecular formula is C19H27N3O4. The zero-order valence-electron chi connectivity index (χ0n) is 15.1. The SMILES string of the molecule is COc1cc(C(=O)NC2C3CCCC2CC(N)C3)ccc1OCC(N)=O. The summed E-state index contributed by atoms with van der Waals surface area (Å²) >= 11 is 0. The molecule has 1 aromatic rings. The monoisotopic (exact) mass is 361 g/mol. The summed E-state index contributed by atoms with van der Waals surface area (Å²) in [6.45, 7) is -0.242. The van der Waals surface area contributed by atoms with Crippen molar-refractivity contribution in [3.63, 3.8) is 0 Å². The van der Waals surface area contributed by atoms with E-state index in [2.05, 4.69) is 5.32 Å². The van der Waals surface area contributed by atoms with Gasteiger partial charge in [-0.1, -0.05) is 6.42 Å². The molecule has 3 rings (SSSR count). The Morgan fingerprint density at radius 2 is 1.88 bits per heavy atom. The van der Waals surface area contributed by atoms with E-state index in [1.54, 1.807) is 18.2 Å². The molecule has 2 bridgehead atoms. The molecule has 0 radical (unpaired) electrons. The van der Waals surface area contributed by atoms with Crippen LogP contribution >= 0.6 is 0 Å². The zero-order valence-corrected chi connectivity index (χ0v) is 15.1. The van der Waals surface area contributed by atoms with Crippen LogP contribution in [0.4, 0.5) is 0 Å². The summed E-state index contributed by atoms with van der Waals surface area (Å²) in [6.07, 6.45) is 5.42. The third-order valence-electron chi connectivity index (χ3n) is 5.47. The maximum Gasteiger partial charge on any atom is 0.255 e. The molecule has 2 unspecified atom stereocenters. The minimum atomic E-state index is -0.573. The van der Waals surface area contributed by atoms with Gasteiger partial charge in [-0.15, -0.1) is 0 Å². The number of ether oxygens (including phenoxy) is 2. The van der Waals surface area contributed by atoms with Gasteiger partial charge in [-0.2, -0.15) is 0 Å². The quantitative estimate of drug-likeness (QED) is 0.704. The van der Waals surface area contributed by atoms with Gasteiger partial charge in [0.05, 0.1) is 7.11 Å². The van der Waals surface area contributed by atoms with Gasteiger partial charge >= 0.3 is 0 Å². The predicted molar refractivity (Wildman–Crippen MR) is 97.0 cm³/mol. The number of carbonyl (C=O) groups is 2. The molecule has 142 valence electrons. The standard InChI is InChI=1S/C19H27N3O4/c1-25-16-9-13(5-6-15(16)26-10-17(21)23)19(24)22-18-11-3-2-4-12(18)8-14(20)7-11/h5-6,9,11-12,14,18H,2-4,7-8,10,20H2,1H3,(H2,21,23)(H,22,24). The van der Waals surface area contributed by atoms with Crippen molar-refractivity contribution in [1.29, 1.82) is 0 Å². The molecule has 2 aliphatic carbocycles. The van der Waals surface area contributed by atoms with Crippen molar-refractivity contribution < 1.29 is 19.1 Å². The Morgan fingerprint density at radius 1 is 1.19 bits per heavy atom. The summed E-state index contributed by atoms with van der Waals surface area (Å²) in [5.41, 5.74) is 11.7. The number of methoxy groups -OCH3 is 1. The molecule has 1 aromatic carbocycles. The minimum absolute atomic E-state index is 0.123. The summed E-state index contributed by atoms with van der Waals surface area (Å²) in [5.74, 6) is 0.995. The Hall–Kier alpha value is -2.28. The van der Waals surface area contributed by atoms with Gasteiger partial charge in [-0.05, 0) is 55.7 Å². The lowest BCUT2D eigenvalue weighted by molar-refractivity contribution is -0.119. The van der Waals surface area contributed by atoms with Crippen LogP contribution < -0.4 is 26.3 Å². The number of hydrogen-bond donors (Lipinski definition) is 3. The molecule has 7 nitrogen and oxygen atoms in total. The maximum absolute atomic E-state index is 12.8. The first-order chi connectivity index (χ1) is 12.5. The van der Waals surface area contributed by atoms with E-state index in [0.717, 1.165) is 25.7 Å². The third kappa shape index (κ3) is 4.09. The molecule has 0 spiro atoms. The number of hydrogen-bond acceptors (Lipinski definition) is 5. The molecule has 0 heterocycles. The van der Waals surface area contributed by atoms with Gasteiger partial charge < -0.3 is 26.3 Å². The Morgan fingerprint density at radius 3 is 2.50 bits per heavy atom. The van der Waals surface area contributed by atoms with E-state index >= 15 is 0 Å². The van der Waals surface area contributed by atoms with Crippen molar-refractivity contribution in [3.8, 4) is 11.5 Å².